The van der Waals surface area contributed by atoms with Gasteiger partial charge in [0.2, 0.25) is 5.91 Å². The van der Waals surface area contributed by atoms with Gasteiger partial charge < -0.3 is 5.32 Å². The summed E-state index contributed by atoms with van der Waals surface area (Å²) in [6.45, 7) is 2.44. The zero-order valence-corrected chi connectivity index (χ0v) is 8.03. The quantitative estimate of drug-likeness (QED) is 0.710. The molecule has 1 amide bonds. The van der Waals surface area contributed by atoms with Crippen molar-refractivity contribution in [2.24, 2.45) is 0 Å². The van der Waals surface area contributed by atoms with Crippen molar-refractivity contribution in [3.05, 3.63) is 12.4 Å². The molecule has 0 unspecified atom stereocenters. The molecule has 1 aromatic rings. The van der Waals surface area contributed by atoms with Crippen molar-refractivity contribution in [2.75, 3.05) is 12.4 Å². The van der Waals surface area contributed by atoms with Crippen LogP contribution in [-0.4, -0.2) is 33.3 Å². The summed E-state index contributed by atoms with van der Waals surface area (Å²) >= 11 is 5.31. The summed E-state index contributed by atoms with van der Waals surface area (Å²) in [5.41, 5.74) is 0. The first kappa shape index (κ1) is 9.98. The Morgan fingerprint density at radius 3 is 3.08 bits per heavy atom. The van der Waals surface area contributed by atoms with Gasteiger partial charge in [0, 0.05) is 12.7 Å². The highest BCUT2D eigenvalue weighted by Gasteiger charge is 2.06. The van der Waals surface area contributed by atoms with Crippen molar-refractivity contribution in [1.29, 1.82) is 0 Å². The number of halogens is 1. The van der Waals surface area contributed by atoms with Gasteiger partial charge in [-0.05, 0) is 6.92 Å². The van der Waals surface area contributed by atoms with Crippen LogP contribution in [0.3, 0.4) is 0 Å². The van der Waals surface area contributed by atoms with Crippen LogP contribution in [0.5, 0.6) is 0 Å². The molecule has 0 aromatic carbocycles. The number of amides is 1. The smallest absolute Gasteiger partial charge is 0.234 e. The van der Waals surface area contributed by atoms with Crippen LogP contribution in [0.4, 0.5) is 0 Å². The Hall–Kier alpha value is -1.10. The number of nitrogens with zero attached hydrogens (tertiary/aromatic N) is 3. The van der Waals surface area contributed by atoms with Crippen LogP contribution >= 0.6 is 11.6 Å². The molecule has 5 nitrogen and oxygen atoms in total. The molecule has 0 bridgehead atoms. The van der Waals surface area contributed by atoms with Gasteiger partial charge in [-0.15, -0.1) is 16.7 Å². The lowest BCUT2D eigenvalue weighted by atomic mass is 10.3. The molecule has 1 aromatic heterocycles. The molecule has 13 heavy (non-hydrogen) atoms. The van der Waals surface area contributed by atoms with Crippen LogP contribution in [0.25, 0.3) is 0 Å². The van der Waals surface area contributed by atoms with Crippen LogP contribution < -0.4 is 5.32 Å². The molecule has 1 rings (SSSR count). The molecular weight excluding hydrogens is 192 g/mol. The van der Waals surface area contributed by atoms with Gasteiger partial charge in [-0.3, -0.25) is 4.79 Å². The summed E-state index contributed by atoms with van der Waals surface area (Å²) in [5.74, 6) is -0.182. The average molecular weight is 203 g/mol. The molecule has 0 aliphatic heterocycles. The van der Waals surface area contributed by atoms with E-state index in [4.69, 9.17) is 11.6 Å². The molecular formula is C7H11ClN4O. The van der Waals surface area contributed by atoms with Gasteiger partial charge in [0.05, 0.1) is 12.2 Å². The first-order valence-electron chi connectivity index (χ1n) is 3.92. The van der Waals surface area contributed by atoms with Gasteiger partial charge >= 0.3 is 0 Å². The summed E-state index contributed by atoms with van der Waals surface area (Å²) in [6, 6.07) is 0.0923. The molecule has 0 saturated heterocycles. The number of alkyl halides is 1. The fourth-order valence-corrected chi connectivity index (χ4v) is 0.949. The lowest BCUT2D eigenvalue weighted by Crippen LogP contribution is -2.30. The highest BCUT2D eigenvalue weighted by molar-refractivity contribution is 6.27. The van der Waals surface area contributed by atoms with Crippen LogP contribution in [-0.2, 0) is 4.79 Å². The second-order valence-electron chi connectivity index (χ2n) is 2.67. The highest BCUT2D eigenvalue weighted by atomic mass is 35.5. The first-order chi connectivity index (χ1) is 6.24. The molecule has 0 saturated carbocycles. The van der Waals surface area contributed by atoms with Gasteiger partial charge in [-0.1, -0.05) is 5.21 Å². The van der Waals surface area contributed by atoms with Crippen LogP contribution in [0.2, 0.25) is 0 Å². The highest BCUT2D eigenvalue weighted by Crippen LogP contribution is 1.99. The van der Waals surface area contributed by atoms with E-state index in [-0.39, 0.29) is 17.8 Å². The third-order valence-corrected chi connectivity index (χ3v) is 1.85. The summed E-state index contributed by atoms with van der Waals surface area (Å²) in [7, 11) is 0. The Labute approximate surface area is 81.1 Å². The monoisotopic (exact) mass is 202 g/mol. The van der Waals surface area contributed by atoms with Gasteiger partial charge in [-0.25, -0.2) is 4.68 Å². The van der Waals surface area contributed by atoms with Crippen LogP contribution in [0.15, 0.2) is 12.4 Å². The Kier molecular flexibility index (Phi) is 3.70. The summed E-state index contributed by atoms with van der Waals surface area (Å²) < 4.78 is 1.68. The number of aromatic nitrogens is 3. The van der Waals surface area contributed by atoms with E-state index >= 15 is 0 Å². The SMILES string of the molecule is C[C@@H](CNC(=O)CCl)n1ccnn1. The van der Waals surface area contributed by atoms with E-state index in [0.29, 0.717) is 6.54 Å². The zero-order chi connectivity index (χ0) is 9.68. The van der Waals surface area contributed by atoms with E-state index in [2.05, 4.69) is 15.6 Å². The largest absolute Gasteiger partial charge is 0.353 e. The Balaban J connectivity index is 2.34. The predicted octanol–water partition coefficient (Wildman–Crippen LogP) is 0.194. The van der Waals surface area contributed by atoms with Crippen molar-refractivity contribution < 1.29 is 4.79 Å². The Morgan fingerprint density at radius 2 is 2.54 bits per heavy atom. The van der Waals surface area contributed by atoms with Gasteiger partial charge in [0.15, 0.2) is 0 Å². The second kappa shape index (κ2) is 4.81. The third-order valence-electron chi connectivity index (χ3n) is 1.61. The van der Waals surface area contributed by atoms with E-state index in [1.807, 2.05) is 6.92 Å². The van der Waals surface area contributed by atoms with Crippen molar-refractivity contribution in [3.8, 4) is 0 Å². The van der Waals surface area contributed by atoms with E-state index in [1.54, 1.807) is 17.1 Å². The lowest BCUT2D eigenvalue weighted by molar-refractivity contribution is -0.118. The molecule has 0 spiro atoms. The maximum atomic E-state index is 10.8. The van der Waals surface area contributed by atoms with Gasteiger partial charge in [0.25, 0.3) is 0 Å². The number of nitrogens with one attached hydrogen (secondary N) is 1. The fraction of sp³-hybridized carbons (Fsp3) is 0.571. The standard InChI is InChI=1S/C7H11ClN4O/c1-6(5-9-7(13)4-8)12-3-2-10-11-12/h2-3,6H,4-5H2,1H3,(H,9,13)/t6-/m0/s1. The normalized spacial score (nSPS) is 12.5. The van der Waals surface area contributed by atoms with E-state index in [9.17, 15) is 4.79 Å². The third kappa shape index (κ3) is 3.02. The molecule has 1 N–H and O–H groups in total. The summed E-state index contributed by atoms with van der Waals surface area (Å²) in [4.78, 5) is 10.8. The Morgan fingerprint density at radius 1 is 1.77 bits per heavy atom. The second-order valence-corrected chi connectivity index (χ2v) is 2.94. The first-order valence-corrected chi connectivity index (χ1v) is 4.46. The summed E-state index contributed by atoms with van der Waals surface area (Å²) in [6.07, 6.45) is 3.34. The predicted molar refractivity (Wildman–Crippen MR) is 48.5 cm³/mol. The van der Waals surface area contributed by atoms with Crippen LogP contribution in [0.1, 0.15) is 13.0 Å². The topological polar surface area (TPSA) is 59.8 Å². The lowest BCUT2D eigenvalue weighted by Gasteiger charge is -2.11. The minimum atomic E-state index is -0.173. The van der Waals surface area contributed by atoms with E-state index in [0.717, 1.165) is 0 Å². The molecule has 6 heteroatoms. The minimum absolute atomic E-state index is 0.00984. The molecule has 1 heterocycles. The molecule has 0 fully saturated rings. The number of rotatable bonds is 4. The van der Waals surface area contributed by atoms with Crippen LogP contribution in [0, 0.1) is 0 Å². The average Bonchev–Trinajstić information content (AvgIpc) is 2.66. The zero-order valence-electron chi connectivity index (χ0n) is 7.27. The van der Waals surface area contributed by atoms with Crippen molar-refractivity contribution in [3.63, 3.8) is 0 Å². The maximum Gasteiger partial charge on any atom is 0.234 e. The van der Waals surface area contributed by atoms with Crippen molar-refractivity contribution in [2.45, 2.75) is 13.0 Å². The Bertz CT molecular complexity index is 261. The molecule has 1 atom stereocenters. The van der Waals surface area contributed by atoms with E-state index in [1.165, 1.54) is 0 Å². The van der Waals surface area contributed by atoms with Crippen molar-refractivity contribution >= 4 is 17.5 Å². The number of carbonyl (C=O) groups is 1. The summed E-state index contributed by atoms with van der Waals surface area (Å²) in [5, 5.41) is 10.1. The number of hydrogen-bond acceptors (Lipinski definition) is 3. The molecule has 0 radical (unpaired) electrons. The minimum Gasteiger partial charge on any atom is -0.353 e. The van der Waals surface area contributed by atoms with Gasteiger partial charge in [0.1, 0.15) is 5.88 Å². The fourth-order valence-electron chi connectivity index (χ4n) is 0.855. The molecule has 72 valence electrons. The van der Waals surface area contributed by atoms with Crippen molar-refractivity contribution in [1.82, 2.24) is 20.3 Å². The van der Waals surface area contributed by atoms with E-state index < -0.39 is 0 Å². The number of carbonyl (C=O) groups excluding carboxylic acids is 1. The number of hydrogen-bond donors (Lipinski definition) is 1. The maximum absolute atomic E-state index is 10.8. The molecule has 0 aliphatic rings. The van der Waals surface area contributed by atoms with Gasteiger partial charge in [-0.2, -0.15) is 0 Å². The molecule has 0 aliphatic carbocycles.